The number of nitrogens with one attached hydrogen (secondary N) is 1. The van der Waals surface area contributed by atoms with Crippen LogP contribution in [0.15, 0.2) is 53.3 Å². The van der Waals surface area contributed by atoms with Gasteiger partial charge in [-0.1, -0.05) is 31.2 Å². The van der Waals surface area contributed by atoms with E-state index in [1.807, 2.05) is 18.3 Å². The second-order valence-corrected chi connectivity index (χ2v) is 5.39. The Morgan fingerprint density at radius 2 is 1.95 bits per heavy atom. The lowest BCUT2D eigenvalue weighted by Crippen LogP contribution is -2.05. The monoisotopic (exact) mass is 329 g/mol. The maximum Gasteiger partial charge on any atom is 0.134 e. The molecule has 0 radical (unpaired) electrons. The van der Waals surface area contributed by atoms with Crippen LogP contribution >= 0.6 is 15.9 Å². The van der Waals surface area contributed by atoms with Crippen LogP contribution in [0.4, 0.5) is 5.69 Å². The van der Waals surface area contributed by atoms with Crippen molar-refractivity contribution in [3.05, 3.63) is 64.7 Å². The van der Waals surface area contributed by atoms with E-state index in [2.05, 4.69) is 67.9 Å². The molecule has 0 atom stereocenters. The van der Waals surface area contributed by atoms with Crippen molar-refractivity contribution < 1.29 is 0 Å². The molecule has 1 aromatic carbocycles. The molecule has 0 saturated carbocycles. The lowest BCUT2D eigenvalue weighted by Gasteiger charge is -2.10. The number of aryl methyl sites for hydroxylation is 1. The highest BCUT2D eigenvalue weighted by Crippen LogP contribution is 2.20. The predicted octanol–water partition coefficient (Wildman–Crippen LogP) is 4.27. The summed E-state index contributed by atoms with van der Waals surface area (Å²) < 4.78 is 2.99. The summed E-state index contributed by atoms with van der Waals surface area (Å²) in [7, 11) is 0. The molecule has 0 amide bonds. The molecular weight excluding hydrogens is 314 g/mol. The molecular formula is C16H16BrN3. The molecule has 0 aliphatic rings. The third kappa shape index (κ3) is 2.43. The average Bonchev–Trinajstić information content (AvgIpc) is 2.82. The van der Waals surface area contributed by atoms with E-state index in [1.54, 1.807) is 0 Å². The Bertz CT molecular complexity index is 733. The van der Waals surface area contributed by atoms with Crippen LogP contribution in [0.25, 0.3) is 5.52 Å². The smallest absolute Gasteiger partial charge is 0.134 e. The van der Waals surface area contributed by atoms with Gasteiger partial charge < -0.3 is 9.72 Å². The number of nitrogens with zero attached hydrogens (tertiary/aromatic N) is 2. The van der Waals surface area contributed by atoms with Gasteiger partial charge in [-0.3, -0.25) is 0 Å². The molecule has 20 heavy (non-hydrogen) atoms. The molecule has 102 valence electrons. The molecule has 3 nitrogen and oxygen atoms in total. The average molecular weight is 330 g/mol. The lowest BCUT2D eigenvalue weighted by molar-refractivity contribution is 0.936. The fraction of sp³-hybridized carbons (Fsp3) is 0.188. The molecule has 0 spiro atoms. The Morgan fingerprint density at radius 1 is 1.15 bits per heavy atom. The van der Waals surface area contributed by atoms with E-state index in [0.29, 0.717) is 6.54 Å². The van der Waals surface area contributed by atoms with Gasteiger partial charge in [0, 0.05) is 11.9 Å². The molecule has 4 heteroatoms. The molecule has 2 heterocycles. The van der Waals surface area contributed by atoms with Crippen molar-refractivity contribution >= 4 is 27.1 Å². The Morgan fingerprint density at radius 3 is 2.80 bits per heavy atom. The van der Waals surface area contributed by atoms with E-state index in [9.17, 15) is 0 Å². The number of pyridine rings is 1. The summed E-state index contributed by atoms with van der Waals surface area (Å²) in [5, 5.41) is 3.48. The van der Waals surface area contributed by atoms with E-state index in [1.165, 1.54) is 11.3 Å². The van der Waals surface area contributed by atoms with Crippen molar-refractivity contribution in [1.29, 1.82) is 0 Å². The number of aromatic nitrogens is 2. The third-order valence-electron chi connectivity index (χ3n) is 3.41. The number of rotatable bonds is 4. The molecule has 0 saturated heterocycles. The Labute approximate surface area is 126 Å². The van der Waals surface area contributed by atoms with Gasteiger partial charge in [0.15, 0.2) is 0 Å². The summed E-state index contributed by atoms with van der Waals surface area (Å²) in [6.45, 7) is 2.87. The topological polar surface area (TPSA) is 29.3 Å². The number of fused-ring (bicyclic) bond motifs is 1. The zero-order valence-corrected chi connectivity index (χ0v) is 12.9. The van der Waals surface area contributed by atoms with Crippen molar-refractivity contribution in [3.8, 4) is 0 Å². The standard InChI is InChI=1S/C16H16BrN3/c1-2-12-7-3-4-8-13(12)18-11-15-19-16(17)14-9-5-6-10-20(14)15/h3-10,18H,2,11H2,1H3. The normalized spacial score (nSPS) is 10.9. The minimum Gasteiger partial charge on any atom is -0.378 e. The number of para-hydroxylation sites is 1. The van der Waals surface area contributed by atoms with Crippen molar-refractivity contribution in [3.63, 3.8) is 0 Å². The van der Waals surface area contributed by atoms with E-state index in [4.69, 9.17) is 0 Å². The van der Waals surface area contributed by atoms with Gasteiger partial charge in [-0.25, -0.2) is 4.98 Å². The second kappa shape index (κ2) is 5.67. The molecule has 3 aromatic rings. The minimum absolute atomic E-state index is 0.702. The van der Waals surface area contributed by atoms with Crippen LogP contribution in [-0.4, -0.2) is 9.38 Å². The van der Waals surface area contributed by atoms with Crippen LogP contribution in [0.2, 0.25) is 0 Å². The fourth-order valence-corrected chi connectivity index (χ4v) is 2.89. The first kappa shape index (κ1) is 13.2. The summed E-state index contributed by atoms with van der Waals surface area (Å²) in [4.78, 5) is 4.58. The van der Waals surface area contributed by atoms with E-state index < -0.39 is 0 Å². The van der Waals surface area contributed by atoms with Gasteiger partial charge in [-0.05, 0) is 46.1 Å². The quantitative estimate of drug-likeness (QED) is 0.774. The van der Waals surface area contributed by atoms with Gasteiger partial charge >= 0.3 is 0 Å². The molecule has 3 rings (SSSR count). The summed E-state index contributed by atoms with van der Waals surface area (Å²) in [6.07, 6.45) is 3.06. The van der Waals surface area contributed by atoms with Crippen LogP contribution in [-0.2, 0) is 13.0 Å². The molecule has 2 aromatic heterocycles. The van der Waals surface area contributed by atoms with Gasteiger partial charge in [-0.15, -0.1) is 0 Å². The minimum atomic E-state index is 0.702. The summed E-state index contributed by atoms with van der Waals surface area (Å²) >= 11 is 3.51. The number of imidazole rings is 1. The summed E-state index contributed by atoms with van der Waals surface area (Å²) in [5.41, 5.74) is 3.60. The van der Waals surface area contributed by atoms with Gasteiger partial charge in [0.1, 0.15) is 10.4 Å². The first-order valence-electron chi connectivity index (χ1n) is 6.73. The Kier molecular flexibility index (Phi) is 3.74. The largest absolute Gasteiger partial charge is 0.378 e. The number of hydrogen-bond acceptors (Lipinski definition) is 2. The Hall–Kier alpha value is -1.81. The summed E-state index contributed by atoms with van der Waals surface area (Å²) in [5.74, 6) is 0.999. The van der Waals surface area contributed by atoms with Gasteiger partial charge in [0.2, 0.25) is 0 Å². The maximum absolute atomic E-state index is 4.58. The zero-order chi connectivity index (χ0) is 13.9. The highest BCUT2D eigenvalue weighted by atomic mass is 79.9. The van der Waals surface area contributed by atoms with Crippen molar-refractivity contribution in [2.45, 2.75) is 19.9 Å². The SMILES string of the molecule is CCc1ccccc1NCc1nc(Br)c2ccccn12. The first-order valence-corrected chi connectivity index (χ1v) is 7.52. The van der Waals surface area contributed by atoms with E-state index in [0.717, 1.165) is 22.4 Å². The Balaban J connectivity index is 1.87. The number of benzene rings is 1. The van der Waals surface area contributed by atoms with Gasteiger partial charge in [0.25, 0.3) is 0 Å². The second-order valence-electron chi connectivity index (χ2n) is 4.64. The van der Waals surface area contributed by atoms with Crippen molar-refractivity contribution in [1.82, 2.24) is 9.38 Å². The van der Waals surface area contributed by atoms with Crippen LogP contribution in [0, 0.1) is 0 Å². The van der Waals surface area contributed by atoms with E-state index >= 15 is 0 Å². The number of hydrogen-bond donors (Lipinski definition) is 1. The zero-order valence-electron chi connectivity index (χ0n) is 11.3. The van der Waals surface area contributed by atoms with Gasteiger partial charge in [-0.2, -0.15) is 0 Å². The fourth-order valence-electron chi connectivity index (χ4n) is 2.36. The number of anilines is 1. The molecule has 0 aliphatic carbocycles. The van der Waals surface area contributed by atoms with Crippen LogP contribution in [0.3, 0.4) is 0 Å². The first-order chi connectivity index (χ1) is 9.79. The highest BCUT2D eigenvalue weighted by Gasteiger charge is 2.08. The van der Waals surface area contributed by atoms with E-state index in [-0.39, 0.29) is 0 Å². The van der Waals surface area contributed by atoms with Crippen LogP contribution in [0.1, 0.15) is 18.3 Å². The van der Waals surface area contributed by atoms with Crippen LogP contribution in [0.5, 0.6) is 0 Å². The van der Waals surface area contributed by atoms with Gasteiger partial charge in [0.05, 0.1) is 12.1 Å². The lowest BCUT2D eigenvalue weighted by atomic mass is 10.1. The summed E-state index contributed by atoms with van der Waals surface area (Å²) in [6, 6.07) is 14.5. The predicted molar refractivity (Wildman–Crippen MR) is 86.0 cm³/mol. The highest BCUT2D eigenvalue weighted by molar-refractivity contribution is 9.10. The molecule has 0 unspecified atom stereocenters. The van der Waals surface area contributed by atoms with Crippen molar-refractivity contribution in [2.75, 3.05) is 5.32 Å². The van der Waals surface area contributed by atoms with Crippen molar-refractivity contribution in [2.24, 2.45) is 0 Å². The molecule has 0 bridgehead atoms. The molecule has 0 aliphatic heterocycles. The molecule has 0 fully saturated rings. The third-order valence-corrected chi connectivity index (χ3v) is 4.00. The maximum atomic E-state index is 4.58. The van der Waals surface area contributed by atoms with Crippen LogP contribution < -0.4 is 5.32 Å². The number of halogens is 1. The molecule has 1 N–H and O–H groups in total.